The summed E-state index contributed by atoms with van der Waals surface area (Å²) in [6, 6.07) is 31.5. The molecule has 0 spiro atoms. The number of nitrogens with zero attached hydrogens (tertiary/aromatic N) is 4. The van der Waals surface area contributed by atoms with Gasteiger partial charge in [-0.3, -0.25) is 0 Å². The van der Waals surface area contributed by atoms with Gasteiger partial charge in [0.2, 0.25) is 35.1 Å². The van der Waals surface area contributed by atoms with Gasteiger partial charge in [0.25, 0.3) is 0 Å². The fraction of sp³-hybridized carbons (Fsp3) is 0.214. The first-order chi connectivity index (χ1) is 35.9. The number of carbonyl (C=O) groups is 2. The number of benzene rings is 5. The Morgan fingerprint density at radius 2 is 0.932 bits per heavy atom. The maximum absolute atomic E-state index is 12.7. The Bertz CT molecular complexity index is 3340. The van der Waals surface area contributed by atoms with Gasteiger partial charge in [-0.2, -0.15) is 0 Å². The van der Waals surface area contributed by atoms with Gasteiger partial charge in [-0.15, -0.1) is 0 Å². The van der Waals surface area contributed by atoms with Crippen LogP contribution in [-0.2, 0) is 25.7 Å². The Morgan fingerprint density at radius 3 is 1.34 bits per heavy atom. The lowest BCUT2D eigenvalue weighted by molar-refractivity contribution is -0.130. The molecule has 380 valence electrons. The third-order valence-electron chi connectivity index (χ3n) is 11.2. The zero-order valence-electron chi connectivity index (χ0n) is 42.3. The number of esters is 2. The quantitative estimate of drug-likeness (QED) is 0.0617. The summed E-state index contributed by atoms with van der Waals surface area (Å²) in [4.78, 5) is 43.4. The molecular weight excluding hydrogens is 953 g/mol. The molecule has 0 saturated carbocycles. The van der Waals surface area contributed by atoms with Gasteiger partial charge in [-0.25, -0.2) is 29.5 Å². The van der Waals surface area contributed by atoms with Crippen LogP contribution in [0.4, 0.5) is 0 Å². The Morgan fingerprint density at radius 1 is 0.500 bits per heavy atom. The molecular formula is C56H52N4O14. The Hall–Kier alpha value is -9.32. The van der Waals surface area contributed by atoms with Crippen LogP contribution in [0.5, 0.6) is 57.8 Å². The highest BCUT2D eigenvalue weighted by Crippen LogP contribution is 2.41. The number of ether oxygens (including phenoxy) is 12. The number of hydrogen-bond donors (Lipinski definition) is 0. The number of cyclic esters (lactones) is 2. The maximum Gasteiger partial charge on any atom is 0.363 e. The first-order valence-electron chi connectivity index (χ1n) is 22.9. The normalized spacial score (nSPS) is 13.9. The second-order valence-electron chi connectivity index (χ2n) is 16.3. The van der Waals surface area contributed by atoms with Gasteiger partial charge in [-0.1, -0.05) is 30.3 Å². The largest absolute Gasteiger partial charge is 0.493 e. The van der Waals surface area contributed by atoms with E-state index in [0.29, 0.717) is 97.7 Å². The number of pyridine rings is 2. The molecule has 0 aliphatic carbocycles. The van der Waals surface area contributed by atoms with E-state index >= 15 is 0 Å². The third kappa shape index (κ3) is 11.2. The van der Waals surface area contributed by atoms with E-state index in [0.717, 1.165) is 16.3 Å². The van der Waals surface area contributed by atoms with Crippen molar-refractivity contribution in [1.82, 2.24) is 9.97 Å². The number of fused-ring (bicyclic) bond motifs is 2. The van der Waals surface area contributed by atoms with Crippen LogP contribution in [0, 0.1) is 0 Å². The average Bonchev–Trinajstić information content (AvgIpc) is 3.98. The van der Waals surface area contributed by atoms with E-state index in [1.807, 2.05) is 92.7 Å². The van der Waals surface area contributed by atoms with Crippen molar-refractivity contribution < 1.29 is 66.4 Å². The molecule has 74 heavy (non-hydrogen) atoms. The van der Waals surface area contributed by atoms with Crippen molar-refractivity contribution in [3.8, 4) is 57.8 Å². The predicted octanol–water partition coefficient (Wildman–Crippen LogP) is 9.59. The minimum atomic E-state index is -0.606. The molecule has 9 rings (SSSR count). The molecule has 0 bridgehead atoms. The van der Waals surface area contributed by atoms with Crippen LogP contribution in [0.1, 0.15) is 41.7 Å². The van der Waals surface area contributed by atoms with Crippen molar-refractivity contribution in [3.05, 3.63) is 142 Å². The average molecular weight is 1010 g/mol. The van der Waals surface area contributed by atoms with Gasteiger partial charge in [0, 0.05) is 45.2 Å². The number of methoxy groups -OCH3 is 8. The van der Waals surface area contributed by atoms with Gasteiger partial charge in [0.15, 0.2) is 34.4 Å². The Balaban J connectivity index is 0.000000198. The van der Waals surface area contributed by atoms with Gasteiger partial charge in [0.1, 0.15) is 18.1 Å². The van der Waals surface area contributed by atoms with Gasteiger partial charge >= 0.3 is 11.9 Å². The molecule has 2 aliphatic rings. The van der Waals surface area contributed by atoms with Crippen molar-refractivity contribution in [2.75, 3.05) is 56.9 Å². The fourth-order valence-corrected chi connectivity index (χ4v) is 7.77. The molecule has 2 aliphatic heterocycles. The number of rotatable bonds is 17. The lowest BCUT2D eigenvalue weighted by Gasteiger charge is -2.13. The first kappa shape index (κ1) is 51.0. The molecule has 7 aromatic rings. The zero-order valence-corrected chi connectivity index (χ0v) is 42.3. The molecule has 0 unspecified atom stereocenters. The minimum absolute atomic E-state index is 0.0458. The number of hydrogen-bond acceptors (Lipinski definition) is 18. The van der Waals surface area contributed by atoms with Gasteiger partial charge in [-0.05, 0) is 92.2 Å². The highest BCUT2D eigenvalue weighted by Gasteiger charge is 2.29. The van der Waals surface area contributed by atoms with Crippen LogP contribution in [-0.4, -0.2) is 96.7 Å². The lowest BCUT2D eigenvalue weighted by Crippen LogP contribution is -2.07. The summed E-state index contributed by atoms with van der Waals surface area (Å²) in [5.41, 5.74) is 4.82. The molecule has 0 amide bonds. The molecule has 4 heterocycles. The van der Waals surface area contributed by atoms with Crippen molar-refractivity contribution >= 4 is 57.7 Å². The molecule has 18 nitrogen and oxygen atoms in total. The Kier molecular flexibility index (Phi) is 15.8. The van der Waals surface area contributed by atoms with E-state index in [9.17, 15) is 9.59 Å². The summed E-state index contributed by atoms with van der Waals surface area (Å²) in [5.74, 6) is 3.60. The Labute approximate surface area is 426 Å². The van der Waals surface area contributed by atoms with E-state index in [4.69, 9.17) is 56.8 Å². The van der Waals surface area contributed by atoms with Gasteiger partial charge < -0.3 is 56.8 Å². The molecule has 2 aromatic heterocycles. The molecule has 0 radical (unpaired) electrons. The second-order valence-corrected chi connectivity index (χ2v) is 16.3. The van der Waals surface area contributed by atoms with E-state index in [1.165, 1.54) is 56.9 Å². The van der Waals surface area contributed by atoms with E-state index in [1.54, 1.807) is 36.4 Å². The smallest absolute Gasteiger partial charge is 0.363 e. The number of carbonyl (C=O) groups excluding carboxylic acids is 2. The molecule has 0 N–H and O–H groups in total. The standard InChI is InChI=1S/C30H26N2O7.C26H26N2O7/c1-34-25-14-21(15-26(35-2)27(25)36-3)29-32-24(30(33)39-29)13-20-12-19-10-11-22(16-23(19)31-28(20)37-4)38-17-18-8-6-5-7-9-18;1-14(2)34-18-8-7-15-9-16(24(33-6)27-19(15)13-18)10-20-26(29)35-25(28-20)17-11-21(30-3)23(32-5)22(12-17)31-4/h5-16H,17H2,1-4H3;7-14H,1-6H3/b24-13-;20-10-. The summed E-state index contributed by atoms with van der Waals surface area (Å²) in [5, 5.41) is 1.70. The van der Waals surface area contributed by atoms with Crippen molar-refractivity contribution in [3.63, 3.8) is 0 Å². The summed E-state index contributed by atoms with van der Waals surface area (Å²) in [7, 11) is 12.1. The predicted molar refractivity (Wildman–Crippen MR) is 277 cm³/mol. The number of aliphatic imine (C=N–C) groups is 2. The summed E-state index contributed by atoms with van der Waals surface area (Å²) < 4.78 is 65.8. The molecule has 18 heteroatoms. The highest BCUT2D eigenvalue weighted by atomic mass is 16.6. The van der Waals surface area contributed by atoms with Crippen LogP contribution >= 0.6 is 0 Å². The maximum atomic E-state index is 12.7. The lowest BCUT2D eigenvalue weighted by atomic mass is 10.1. The highest BCUT2D eigenvalue weighted by molar-refractivity contribution is 6.14. The van der Waals surface area contributed by atoms with Crippen LogP contribution in [0.25, 0.3) is 34.0 Å². The van der Waals surface area contributed by atoms with Crippen molar-refractivity contribution in [1.29, 1.82) is 0 Å². The molecule has 0 fully saturated rings. The van der Waals surface area contributed by atoms with Gasteiger partial charge in [0.05, 0.1) is 74.0 Å². The topological polar surface area (TPSA) is 195 Å². The summed E-state index contributed by atoms with van der Waals surface area (Å²) in [6.45, 7) is 4.37. The third-order valence-corrected chi connectivity index (χ3v) is 11.2. The van der Waals surface area contributed by atoms with Crippen LogP contribution in [0.3, 0.4) is 0 Å². The van der Waals surface area contributed by atoms with E-state index in [-0.39, 0.29) is 29.3 Å². The van der Waals surface area contributed by atoms with Crippen LogP contribution in [0.15, 0.2) is 125 Å². The van der Waals surface area contributed by atoms with E-state index < -0.39 is 11.9 Å². The molecule has 5 aromatic carbocycles. The summed E-state index contributed by atoms with van der Waals surface area (Å²) in [6.07, 6.45) is 3.21. The van der Waals surface area contributed by atoms with Crippen molar-refractivity contribution in [2.45, 2.75) is 26.6 Å². The van der Waals surface area contributed by atoms with Crippen LogP contribution < -0.4 is 47.4 Å². The van der Waals surface area contributed by atoms with E-state index in [2.05, 4.69) is 20.0 Å². The van der Waals surface area contributed by atoms with Crippen LogP contribution in [0.2, 0.25) is 0 Å². The first-order valence-corrected chi connectivity index (χ1v) is 22.9. The SMILES string of the molecule is COc1cc(C2=N/C(=C\c3cc4ccc(OC(C)C)cc4nc3OC)C(=O)O2)cc(OC)c1OC.COc1cc(C2=N/C(=C\c3cc4ccc(OCc5ccccc5)cc4nc3OC)C(=O)O2)cc(OC)c1OC. The fourth-order valence-electron chi connectivity index (χ4n) is 7.77. The number of aromatic nitrogens is 2. The molecule has 0 atom stereocenters. The summed E-state index contributed by atoms with van der Waals surface area (Å²) >= 11 is 0. The van der Waals surface area contributed by atoms with Crippen molar-refractivity contribution in [2.24, 2.45) is 9.98 Å². The second kappa shape index (κ2) is 22.8. The monoisotopic (exact) mass is 1000 g/mol. The zero-order chi connectivity index (χ0) is 52.5. The minimum Gasteiger partial charge on any atom is -0.493 e. The molecule has 0 saturated heterocycles.